The van der Waals surface area contributed by atoms with Crippen LogP contribution in [0.25, 0.3) is 5.65 Å². The number of aromatic carboxylic acids is 1. The molecule has 1 aromatic carbocycles. The highest BCUT2D eigenvalue weighted by molar-refractivity contribution is 6.30. The molecule has 0 aliphatic carbocycles. The van der Waals surface area contributed by atoms with Crippen LogP contribution >= 0.6 is 11.6 Å². The molecule has 0 saturated carbocycles. The molecule has 0 radical (unpaired) electrons. The van der Waals surface area contributed by atoms with E-state index in [4.69, 9.17) is 11.6 Å². The van der Waals surface area contributed by atoms with Gasteiger partial charge in [-0.25, -0.2) is 18.7 Å². The first-order valence-corrected chi connectivity index (χ1v) is 7.28. The minimum atomic E-state index is -1.09. The lowest BCUT2D eigenvalue weighted by Gasteiger charge is -2.10. The zero-order valence-corrected chi connectivity index (χ0v) is 13.2. The van der Waals surface area contributed by atoms with Gasteiger partial charge in [0.15, 0.2) is 5.65 Å². The summed E-state index contributed by atoms with van der Waals surface area (Å²) in [7, 11) is 0. The molecule has 1 N–H and O–H groups in total. The maximum Gasteiger partial charge on any atom is 0.341 e. The first kappa shape index (κ1) is 15.4. The first-order valence-electron chi connectivity index (χ1n) is 6.90. The molecule has 3 aromatic rings. The minimum Gasteiger partial charge on any atom is -0.477 e. The summed E-state index contributed by atoms with van der Waals surface area (Å²) in [5.41, 5.74) is 2.84. The van der Waals surface area contributed by atoms with Crippen molar-refractivity contribution in [2.24, 2.45) is 0 Å². The van der Waals surface area contributed by atoms with Crippen molar-refractivity contribution >= 4 is 23.2 Å². The Balaban J connectivity index is 2.15. The smallest absolute Gasteiger partial charge is 0.341 e. The number of nitrogens with zero attached hydrogens (tertiary/aromatic N) is 3. The van der Waals surface area contributed by atoms with Crippen LogP contribution in [0.1, 0.15) is 32.9 Å². The zero-order valence-electron chi connectivity index (χ0n) is 12.5. The fourth-order valence-electron chi connectivity index (χ4n) is 2.52. The highest BCUT2D eigenvalue weighted by Gasteiger charge is 2.21. The molecule has 0 aliphatic heterocycles. The van der Waals surface area contributed by atoms with Crippen molar-refractivity contribution in [3.8, 4) is 0 Å². The Kier molecular flexibility index (Phi) is 3.77. The minimum absolute atomic E-state index is 0.0448. The summed E-state index contributed by atoms with van der Waals surface area (Å²) >= 11 is 6.41. The van der Waals surface area contributed by atoms with Crippen molar-refractivity contribution < 1.29 is 14.3 Å². The van der Waals surface area contributed by atoms with Crippen molar-refractivity contribution in [2.45, 2.75) is 20.3 Å². The number of aromatic nitrogens is 3. The molecule has 0 unspecified atom stereocenters. The Morgan fingerprint density at radius 2 is 1.91 bits per heavy atom. The number of hydrogen-bond acceptors (Lipinski definition) is 3. The highest BCUT2D eigenvalue weighted by atomic mass is 35.5. The van der Waals surface area contributed by atoms with Crippen LogP contribution in [-0.2, 0) is 6.42 Å². The second kappa shape index (κ2) is 5.62. The van der Waals surface area contributed by atoms with E-state index in [1.807, 2.05) is 0 Å². The van der Waals surface area contributed by atoms with Crippen LogP contribution in [0, 0.1) is 19.7 Å². The normalized spacial score (nSPS) is 11.1. The van der Waals surface area contributed by atoms with Gasteiger partial charge in [0.2, 0.25) is 0 Å². The SMILES string of the molecule is Cc1nc2c(C(=O)O)c(C)nn2c(Cl)c1Cc1ccc(F)cc1. The summed E-state index contributed by atoms with van der Waals surface area (Å²) in [4.78, 5) is 15.7. The van der Waals surface area contributed by atoms with Gasteiger partial charge < -0.3 is 5.11 Å². The topological polar surface area (TPSA) is 67.5 Å². The Morgan fingerprint density at radius 3 is 2.52 bits per heavy atom. The van der Waals surface area contributed by atoms with E-state index < -0.39 is 5.97 Å². The maximum atomic E-state index is 13.0. The van der Waals surface area contributed by atoms with Gasteiger partial charge in [-0.3, -0.25) is 0 Å². The van der Waals surface area contributed by atoms with E-state index >= 15 is 0 Å². The van der Waals surface area contributed by atoms with Gasteiger partial charge in [-0.05, 0) is 31.5 Å². The average molecular weight is 334 g/mol. The van der Waals surface area contributed by atoms with Gasteiger partial charge in [-0.2, -0.15) is 5.10 Å². The Hall–Kier alpha value is -2.47. The number of halogens is 2. The van der Waals surface area contributed by atoms with E-state index in [2.05, 4.69) is 10.1 Å². The van der Waals surface area contributed by atoms with Crippen molar-refractivity contribution in [3.63, 3.8) is 0 Å². The van der Waals surface area contributed by atoms with Gasteiger partial charge in [0.05, 0.1) is 5.69 Å². The van der Waals surface area contributed by atoms with Crippen molar-refractivity contribution in [1.29, 1.82) is 0 Å². The predicted octanol–water partition coefficient (Wildman–Crippen LogP) is 3.43. The molecule has 0 aliphatic rings. The molecule has 0 bridgehead atoms. The van der Waals surface area contributed by atoms with Gasteiger partial charge in [-0.1, -0.05) is 23.7 Å². The lowest BCUT2D eigenvalue weighted by atomic mass is 10.1. The summed E-state index contributed by atoms with van der Waals surface area (Å²) in [6, 6.07) is 6.11. The highest BCUT2D eigenvalue weighted by Crippen LogP contribution is 2.26. The van der Waals surface area contributed by atoms with E-state index in [0.717, 1.165) is 11.1 Å². The molecule has 0 atom stereocenters. The lowest BCUT2D eigenvalue weighted by Crippen LogP contribution is -2.05. The molecule has 0 amide bonds. The zero-order chi connectivity index (χ0) is 16.7. The molecule has 3 rings (SSSR count). The molecule has 2 heterocycles. The monoisotopic (exact) mass is 333 g/mol. The Bertz CT molecular complexity index is 919. The fourth-order valence-corrected chi connectivity index (χ4v) is 2.84. The number of rotatable bonds is 3. The second-order valence-corrected chi connectivity index (χ2v) is 5.63. The Labute approximate surface area is 136 Å². The summed E-state index contributed by atoms with van der Waals surface area (Å²) in [6.45, 7) is 3.36. The van der Waals surface area contributed by atoms with Gasteiger partial charge in [0.1, 0.15) is 16.5 Å². The lowest BCUT2D eigenvalue weighted by molar-refractivity contribution is 0.0698. The second-order valence-electron chi connectivity index (χ2n) is 5.27. The number of carboxylic acids is 1. The number of benzene rings is 1. The number of aryl methyl sites for hydroxylation is 2. The van der Waals surface area contributed by atoms with Crippen LogP contribution in [0.3, 0.4) is 0 Å². The van der Waals surface area contributed by atoms with Crippen LogP contribution in [0.2, 0.25) is 5.15 Å². The molecular formula is C16H13ClFN3O2. The van der Waals surface area contributed by atoms with Crippen LogP contribution in [-0.4, -0.2) is 25.7 Å². The molecule has 118 valence electrons. The van der Waals surface area contributed by atoms with Crippen LogP contribution in [0.15, 0.2) is 24.3 Å². The van der Waals surface area contributed by atoms with Crippen LogP contribution in [0.4, 0.5) is 4.39 Å². The van der Waals surface area contributed by atoms with Crippen LogP contribution in [0.5, 0.6) is 0 Å². The van der Waals surface area contributed by atoms with Crippen molar-refractivity contribution in [2.75, 3.05) is 0 Å². The predicted molar refractivity (Wildman–Crippen MR) is 83.6 cm³/mol. The molecule has 2 aromatic heterocycles. The third-order valence-corrected chi connectivity index (χ3v) is 4.08. The number of fused-ring (bicyclic) bond motifs is 1. The summed E-state index contributed by atoms with van der Waals surface area (Å²) < 4.78 is 14.3. The molecule has 0 saturated heterocycles. The van der Waals surface area contributed by atoms with Gasteiger partial charge in [0, 0.05) is 17.7 Å². The van der Waals surface area contributed by atoms with Crippen LogP contribution < -0.4 is 0 Å². The summed E-state index contributed by atoms with van der Waals surface area (Å²) in [6.07, 6.45) is 0.454. The molecule has 7 heteroatoms. The van der Waals surface area contributed by atoms with Crippen molar-refractivity contribution in [1.82, 2.24) is 14.6 Å². The number of carbonyl (C=O) groups is 1. The van der Waals surface area contributed by atoms with E-state index in [-0.39, 0.29) is 17.0 Å². The van der Waals surface area contributed by atoms with Gasteiger partial charge in [-0.15, -0.1) is 0 Å². The molecule has 0 spiro atoms. The van der Waals surface area contributed by atoms with E-state index in [1.54, 1.807) is 26.0 Å². The Morgan fingerprint density at radius 1 is 1.26 bits per heavy atom. The summed E-state index contributed by atoms with van der Waals surface area (Å²) in [5.74, 6) is -1.40. The van der Waals surface area contributed by atoms with Gasteiger partial charge in [0.25, 0.3) is 0 Å². The number of hydrogen-bond donors (Lipinski definition) is 1. The quantitative estimate of drug-likeness (QED) is 0.746. The van der Waals surface area contributed by atoms with E-state index in [0.29, 0.717) is 23.0 Å². The standard InChI is InChI=1S/C16H13ClFN3O2/c1-8-12(7-10-3-5-11(18)6-4-10)14(17)21-15(19-8)13(16(22)23)9(2)20-21/h3-6H,7H2,1-2H3,(H,22,23). The third kappa shape index (κ3) is 2.66. The largest absolute Gasteiger partial charge is 0.477 e. The number of carboxylic acid groups (broad SMARTS) is 1. The van der Waals surface area contributed by atoms with E-state index in [9.17, 15) is 14.3 Å². The average Bonchev–Trinajstić information content (AvgIpc) is 2.82. The van der Waals surface area contributed by atoms with Crippen molar-refractivity contribution in [3.05, 3.63) is 63.3 Å². The summed E-state index contributed by atoms with van der Waals surface area (Å²) in [5, 5.41) is 13.8. The molecule has 23 heavy (non-hydrogen) atoms. The molecule has 5 nitrogen and oxygen atoms in total. The maximum absolute atomic E-state index is 13.0. The molecule has 0 fully saturated rings. The molecular weight excluding hydrogens is 321 g/mol. The fraction of sp³-hybridized carbons (Fsp3) is 0.188. The van der Waals surface area contributed by atoms with E-state index in [1.165, 1.54) is 16.6 Å². The third-order valence-electron chi connectivity index (χ3n) is 3.69. The first-order chi connectivity index (χ1) is 10.9. The van der Waals surface area contributed by atoms with Gasteiger partial charge >= 0.3 is 5.97 Å².